The van der Waals surface area contributed by atoms with Crippen molar-refractivity contribution in [2.75, 3.05) is 34.2 Å². The largest absolute Gasteiger partial charge is 0.444 e. The fourth-order valence-electron chi connectivity index (χ4n) is 9.78. The van der Waals surface area contributed by atoms with Gasteiger partial charge < -0.3 is 28.9 Å². The van der Waals surface area contributed by atoms with Gasteiger partial charge in [0.2, 0.25) is 5.91 Å². The summed E-state index contributed by atoms with van der Waals surface area (Å²) in [6.07, 6.45) is 1.89. The number of amides is 4. The Labute approximate surface area is 611 Å². The second kappa shape index (κ2) is 39.3. The van der Waals surface area contributed by atoms with Gasteiger partial charge in [0.15, 0.2) is 0 Å². The first-order chi connectivity index (χ1) is 47.1. The Hall–Kier alpha value is -8.76. The minimum absolute atomic E-state index is 0. The van der Waals surface area contributed by atoms with Crippen LogP contribution in [0.15, 0.2) is 214 Å². The Balaban J connectivity index is 0.000000211. The first-order valence-electron chi connectivity index (χ1n) is 33.3. The van der Waals surface area contributed by atoms with Crippen molar-refractivity contribution in [2.24, 2.45) is 10.2 Å². The molecule has 4 amide bonds. The molecule has 0 saturated carbocycles. The molecule has 8 aromatic rings. The summed E-state index contributed by atoms with van der Waals surface area (Å²) in [6, 6.07) is 65.9. The molecule has 4 heterocycles. The minimum atomic E-state index is -0.544. The van der Waals surface area contributed by atoms with Gasteiger partial charge in [-0.3, -0.25) is 19.2 Å². The zero-order chi connectivity index (χ0) is 71.5. The number of halogens is 1. The Bertz CT molecular complexity index is 3790. The van der Waals surface area contributed by atoms with Gasteiger partial charge in [-0.1, -0.05) is 208 Å². The number of aryl methyl sites for hydroxylation is 1. The van der Waals surface area contributed by atoms with Crippen molar-refractivity contribution >= 4 is 88.7 Å². The molecule has 532 valence electrons. The number of thioether (sulfide) groups is 2. The van der Waals surface area contributed by atoms with Gasteiger partial charge in [-0.05, 0) is 114 Å². The lowest BCUT2D eigenvalue weighted by molar-refractivity contribution is -0.129. The van der Waals surface area contributed by atoms with Crippen LogP contribution in [-0.4, -0.2) is 136 Å². The van der Waals surface area contributed by atoms with Crippen molar-refractivity contribution in [3.63, 3.8) is 0 Å². The number of carbonyl (C=O) groups excluding carboxylic acids is 4. The summed E-state index contributed by atoms with van der Waals surface area (Å²) in [5.41, 5.74) is 9.28. The number of hydrogen-bond acceptors (Lipinski definition) is 14. The fourth-order valence-corrected chi connectivity index (χ4v) is 12.0. The Kier molecular flexibility index (Phi) is 31.5. The van der Waals surface area contributed by atoms with Crippen LogP contribution in [0.4, 0.5) is 14.4 Å². The van der Waals surface area contributed by atoms with Crippen LogP contribution >= 0.6 is 48.1 Å². The van der Waals surface area contributed by atoms with Gasteiger partial charge >= 0.3 is 18.3 Å². The molecule has 100 heavy (non-hydrogen) atoms. The number of hydrogen-bond donors (Lipinski definition) is 0. The van der Waals surface area contributed by atoms with Crippen LogP contribution < -0.4 is 0 Å². The average Bonchev–Trinajstić information content (AvgIpc) is 1.72. The topological polar surface area (TPSA) is 173 Å². The molecule has 0 saturated heterocycles. The van der Waals surface area contributed by atoms with E-state index in [1.54, 1.807) is 37.8 Å². The number of nitrogens with zero attached hydrogens (tertiary/aromatic N) is 11. The van der Waals surface area contributed by atoms with E-state index in [2.05, 4.69) is 131 Å². The standard InChI is InChI=1S/C24H29N3O2S.C20H22N2S.C17H23N3O3.C17H23N3O2S.ClH/c1-24(2,3)29-23(28)26(4)17-21-15-22(30-18-20-13-9-6-10-14-20)27(25-21)16-19-11-7-5-8-12-19;1-2-9-19-14-20(23-16-18-12-7-4-8-13-18)22(21-19)15-17-10-5-3-6-11-17;1-17(2,3)23-16(22)19(4)12-14-10-15(21)20(18-14)11-13-8-6-5-7-9-13;1-17(2,3)22-16(21)19(4)12-14-10-15(23)20(18-14)11-13-8-6-5-7-9-13;/h5-15H,16-18H2,1-4H3;3-8,10-14H,2,9,15-16H2,1H3;2*5-9H,10-12H2,1-4H3;1H. The second-order valence-electron chi connectivity index (χ2n) is 27.1. The molecule has 0 N–H and O–H groups in total. The maximum absolute atomic E-state index is 12.3. The minimum Gasteiger partial charge on any atom is -0.444 e. The molecule has 2 aromatic heterocycles. The van der Waals surface area contributed by atoms with Crippen LogP contribution in [0, 0.1) is 0 Å². The van der Waals surface area contributed by atoms with E-state index in [4.69, 9.17) is 36.6 Å². The number of benzene rings is 6. The molecule has 0 aliphatic carbocycles. The maximum atomic E-state index is 12.3. The van der Waals surface area contributed by atoms with Gasteiger partial charge in [-0.15, -0.1) is 35.9 Å². The third kappa shape index (κ3) is 28.8. The smallest absolute Gasteiger partial charge is 0.410 e. The molecule has 18 nitrogen and oxygen atoms in total. The van der Waals surface area contributed by atoms with Crippen molar-refractivity contribution in [1.29, 1.82) is 0 Å². The lowest BCUT2D eigenvalue weighted by atomic mass is 10.2. The van der Waals surface area contributed by atoms with E-state index in [1.807, 2.05) is 169 Å². The summed E-state index contributed by atoms with van der Waals surface area (Å²) in [5.74, 6) is 1.79. The zero-order valence-corrected chi connectivity index (χ0v) is 63.3. The molecular weight excluding hydrogens is 1330 g/mol. The predicted molar refractivity (Wildman–Crippen MR) is 410 cm³/mol. The highest BCUT2D eigenvalue weighted by molar-refractivity contribution is 7.98. The number of rotatable bonds is 22. The van der Waals surface area contributed by atoms with Gasteiger partial charge in [0.1, 0.15) is 21.8 Å². The van der Waals surface area contributed by atoms with Gasteiger partial charge in [0.05, 0.1) is 85.1 Å². The number of ether oxygens (including phenoxy) is 3. The van der Waals surface area contributed by atoms with E-state index in [-0.39, 0.29) is 43.5 Å². The van der Waals surface area contributed by atoms with Gasteiger partial charge in [-0.25, -0.2) is 19.4 Å². The molecule has 0 radical (unpaired) electrons. The monoisotopic (exact) mass is 1430 g/mol. The van der Waals surface area contributed by atoms with Crippen LogP contribution in [0.5, 0.6) is 0 Å². The zero-order valence-electron chi connectivity index (χ0n) is 60.1. The number of aromatic nitrogens is 4. The Morgan fingerprint density at radius 3 is 1.13 bits per heavy atom. The summed E-state index contributed by atoms with van der Waals surface area (Å²) in [7, 11) is 5.08. The van der Waals surface area contributed by atoms with Crippen LogP contribution in [0.3, 0.4) is 0 Å². The third-order valence-corrected chi connectivity index (χ3v) is 17.0. The van der Waals surface area contributed by atoms with E-state index in [1.165, 1.54) is 47.8 Å². The van der Waals surface area contributed by atoms with Crippen LogP contribution in [0.1, 0.15) is 133 Å². The molecule has 6 aromatic carbocycles. The van der Waals surface area contributed by atoms with Crippen LogP contribution in [0.25, 0.3) is 0 Å². The van der Waals surface area contributed by atoms with Gasteiger partial charge in [0, 0.05) is 39.1 Å². The summed E-state index contributed by atoms with van der Waals surface area (Å²) in [4.78, 5) is 53.6. The van der Waals surface area contributed by atoms with Crippen LogP contribution in [-0.2, 0) is 69.7 Å². The maximum Gasteiger partial charge on any atom is 0.410 e. The first-order valence-corrected chi connectivity index (χ1v) is 35.7. The lowest BCUT2D eigenvalue weighted by Crippen LogP contribution is -2.37. The Morgan fingerprint density at radius 2 is 0.760 bits per heavy atom. The number of carbonyl (C=O) groups is 4. The average molecular weight is 1430 g/mol. The molecule has 10 rings (SSSR count). The van der Waals surface area contributed by atoms with E-state index in [0.29, 0.717) is 44.9 Å². The van der Waals surface area contributed by atoms with E-state index in [9.17, 15) is 19.2 Å². The van der Waals surface area contributed by atoms with Gasteiger partial charge in [0.25, 0.3) is 0 Å². The SMILES string of the molecule is CCCc1cc(SCc2ccccc2)n(Cc2ccccc2)n1.CN(CC1=NN(Cc2ccccc2)C(=O)C1)C(=O)OC(C)(C)C.CN(CC1=NN(Cc2ccccc2)C(=S)C1)C(=O)OC(C)(C)C.CN(Cc1cc(SCc2ccccc2)n(Cc2ccccc2)n1)C(=O)OC(C)(C)C.Cl. The van der Waals surface area contributed by atoms with Crippen molar-refractivity contribution in [2.45, 2.75) is 166 Å². The summed E-state index contributed by atoms with van der Waals surface area (Å²) in [6.45, 7) is 22.5. The van der Waals surface area contributed by atoms with Crippen molar-refractivity contribution < 1.29 is 33.4 Å². The molecule has 22 heteroatoms. The van der Waals surface area contributed by atoms with Crippen molar-refractivity contribution in [3.8, 4) is 0 Å². The molecule has 2 aliphatic heterocycles. The third-order valence-electron chi connectivity index (χ3n) is 14.4. The highest BCUT2D eigenvalue weighted by atomic mass is 35.5. The van der Waals surface area contributed by atoms with E-state index in [0.717, 1.165) is 63.4 Å². The molecule has 2 aliphatic rings. The number of thiocarbonyl (C=S) groups is 1. The van der Waals surface area contributed by atoms with Crippen LogP contribution in [0.2, 0.25) is 0 Å². The second-order valence-corrected chi connectivity index (χ2v) is 29.6. The molecular formula is C78H98ClN11O7S3. The summed E-state index contributed by atoms with van der Waals surface area (Å²) < 4.78 is 20.3. The highest BCUT2D eigenvalue weighted by Crippen LogP contribution is 2.28. The molecule has 0 fully saturated rings. The number of hydrazone groups is 2. The Morgan fingerprint density at radius 1 is 0.450 bits per heavy atom. The van der Waals surface area contributed by atoms with Crippen molar-refractivity contribution in [1.82, 2.24) is 44.3 Å². The summed E-state index contributed by atoms with van der Waals surface area (Å²) >= 11 is 9.02. The predicted octanol–water partition coefficient (Wildman–Crippen LogP) is 17.3. The van der Waals surface area contributed by atoms with E-state index >= 15 is 0 Å². The van der Waals surface area contributed by atoms with E-state index < -0.39 is 22.9 Å². The molecule has 0 atom stereocenters. The first kappa shape index (κ1) is 80.2. The molecule has 0 spiro atoms. The van der Waals surface area contributed by atoms with Gasteiger partial charge in [-0.2, -0.15) is 20.4 Å². The summed E-state index contributed by atoms with van der Waals surface area (Å²) in [5, 5.41) is 24.1. The highest BCUT2D eigenvalue weighted by Gasteiger charge is 2.29. The van der Waals surface area contributed by atoms with Crippen molar-refractivity contribution in [3.05, 3.63) is 239 Å². The lowest BCUT2D eigenvalue weighted by Gasteiger charge is -2.24. The molecule has 0 unspecified atom stereocenters. The fraction of sp³-hybridized carbons (Fsp3) is 0.372. The normalized spacial score (nSPS) is 12.7. The quantitative estimate of drug-likeness (QED) is 0.0357. The molecule has 0 bridgehead atoms.